The summed E-state index contributed by atoms with van der Waals surface area (Å²) < 4.78 is 0. The highest BCUT2D eigenvalue weighted by Gasteiger charge is 2.72. The Bertz CT molecular complexity index is 454. The molecule has 5 nitrogen and oxygen atoms in total. The Morgan fingerprint density at radius 3 is 2.53 bits per heavy atom. The average molecular weight is 233 g/mol. The van der Waals surface area contributed by atoms with Gasteiger partial charge in [-0.3, -0.25) is 14.5 Å². The number of aromatic nitrogens is 2. The van der Waals surface area contributed by atoms with E-state index in [4.69, 9.17) is 0 Å². The van der Waals surface area contributed by atoms with Crippen molar-refractivity contribution in [3.05, 3.63) is 18.2 Å². The standard InChI is InChI=1S/C12H15N3O2/c1-12(2)8-9(12)11(17)15(10(8)16)6-3-7-13-4-5-14-7/h4-5,8-9H,3,6H2,1-2H3,(H,13,14). The number of likely N-dealkylation sites (tertiary alicyclic amines) is 1. The zero-order valence-corrected chi connectivity index (χ0v) is 9.93. The van der Waals surface area contributed by atoms with Crippen LogP contribution in [-0.4, -0.2) is 33.2 Å². The lowest BCUT2D eigenvalue weighted by Gasteiger charge is -2.19. The Kier molecular flexibility index (Phi) is 1.97. The number of amides is 2. The van der Waals surface area contributed by atoms with E-state index in [0.717, 1.165) is 5.82 Å². The van der Waals surface area contributed by atoms with Crippen molar-refractivity contribution in [1.82, 2.24) is 14.9 Å². The fraction of sp³-hybridized carbons (Fsp3) is 0.583. The van der Waals surface area contributed by atoms with Gasteiger partial charge in [-0.1, -0.05) is 13.8 Å². The molecule has 3 rings (SSSR count). The third-order valence-corrected chi connectivity index (χ3v) is 4.02. The molecule has 1 saturated heterocycles. The summed E-state index contributed by atoms with van der Waals surface area (Å²) in [5.41, 5.74) is -0.116. The minimum atomic E-state index is -0.116. The van der Waals surface area contributed by atoms with Gasteiger partial charge in [-0.05, 0) is 5.41 Å². The number of carbonyl (C=O) groups is 2. The number of hydrogen-bond donors (Lipinski definition) is 1. The number of aromatic amines is 1. The summed E-state index contributed by atoms with van der Waals surface area (Å²) in [5.74, 6) is 0.650. The Balaban J connectivity index is 1.67. The molecule has 0 spiro atoms. The van der Waals surface area contributed by atoms with E-state index in [1.165, 1.54) is 4.90 Å². The van der Waals surface area contributed by atoms with Crippen molar-refractivity contribution in [1.29, 1.82) is 0 Å². The Labute approximate surface area is 99.2 Å². The quantitative estimate of drug-likeness (QED) is 0.777. The summed E-state index contributed by atoms with van der Waals surface area (Å²) in [6.45, 7) is 4.41. The van der Waals surface area contributed by atoms with E-state index in [9.17, 15) is 9.59 Å². The zero-order valence-electron chi connectivity index (χ0n) is 9.93. The molecule has 5 heteroatoms. The highest BCUT2D eigenvalue weighted by Crippen LogP contribution is 2.63. The first kappa shape index (κ1) is 10.5. The summed E-state index contributed by atoms with van der Waals surface area (Å²) in [4.78, 5) is 32.5. The van der Waals surface area contributed by atoms with Crippen LogP contribution in [-0.2, 0) is 16.0 Å². The molecule has 2 atom stereocenters. The normalized spacial score (nSPS) is 29.6. The fourth-order valence-corrected chi connectivity index (χ4v) is 2.88. The summed E-state index contributed by atoms with van der Waals surface area (Å²) in [5, 5.41) is 0. The van der Waals surface area contributed by atoms with Crippen molar-refractivity contribution in [3.63, 3.8) is 0 Å². The van der Waals surface area contributed by atoms with Crippen LogP contribution in [0.15, 0.2) is 12.4 Å². The van der Waals surface area contributed by atoms with Gasteiger partial charge in [-0.25, -0.2) is 4.98 Å². The molecule has 17 heavy (non-hydrogen) atoms. The molecule has 1 aromatic heterocycles. The lowest BCUT2D eigenvalue weighted by atomic mass is 10.1. The van der Waals surface area contributed by atoms with Crippen LogP contribution in [0.1, 0.15) is 19.7 Å². The third kappa shape index (κ3) is 1.34. The number of carbonyl (C=O) groups excluding carboxylic acids is 2. The predicted octanol–water partition coefficient (Wildman–Crippen LogP) is 0.593. The number of fused-ring (bicyclic) bond motifs is 1. The molecule has 0 bridgehead atoms. The number of hydrogen-bond acceptors (Lipinski definition) is 3. The second-order valence-electron chi connectivity index (χ2n) is 5.39. The van der Waals surface area contributed by atoms with Gasteiger partial charge >= 0.3 is 0 Å². The number of nitrogens with zero attached hydrogens (tertiary/aromatic N) is 2. The minimum Gasteiger partial charge on any atom is -0.349 e. The van der Waals surface area contributed by atoms with Crippen molar-refractivity contribution in [2.45, 2.75) is 20.3 Å². The molecule has 90 valence electrons. The number of piperidine rings is 1. The van der Waals surface area contributed by atoms with E-state index >= 15 is 0 Å². The molecular formula is C12H15N3O2. The van der Waals surface area contributed by atoms with Crippen LogP contribution < -0.4 is 0 Å². The highest BCUT2D eigenvalue weighted by molar-refractivity contribution is 6.10. The molecule has 1 aliphatic carbocycles. The van der Waals surface area contributed by atoms with Crippen LogP contribution in [0.5, 0.6) is 0 Å². The van der Waals surface area contributed by atoms with Crippen LogP contribution in [0.4, 0.5) is 0 Å². The SMILES string of the molecule is CC1(C)C2C(=O)N(CCc3ncc[nH]3)C(=O)C21. The molecule has 2 aliphatic rings. The van der Waals surface area contributed by atoms with Crippen molar-refractivity contribution >= 4 is 11.8 Å². The molecule has 2 fully saturated rings. The predicted molar refractivity (Wildman–Crippen MR) is 59.8 cm³/mol. The van der Waals surface area contributed by atoms with Gasteiger partial charge in [0.15, 0.2) is 0 Å². The van der Waals surface area contributed by atoms with Gasteiger partial charge in [0.05, 0.1) is 11.8 Å². The maximum absolute atomic E-state index is 12.0. The molecule has 0 aromatic carbocycles. The van der Waals surface area contributed by atoms with Gasteiger partial charge < -0.3 is 4.98 Å². The third-order valence-electron chi connectivity index (χ3n) is 4.02. The van der Waals surface area contributed by atoms with Gasteiger partial charge in [-0.2, -0.15) is 0 Å². The highest BCUT2D eigenvalue weighted by atomic mass is 16.2. The summed E-state index contributed by atoms with van der Waals surface area (Å²) in [6.07, 6.45) is 4.01. The lowest BCUT2D eigenvalue weighted by molar-refractivity contribution is -0.142. The second-order valence-corrected chi connectivity index (χ2v) is 5.39. The van der Waals surface area contributed by atoms with Crippen LogP contribution >= 0.6 is 0 Å². The first-order chi connectivity index (χ1) is 8.03. The van der Waals surface area contributed by atoms with Gasteiger partial charge in [0, 0.05) is 25.4 Å². The number of nitrogens with one attached hydrogen (secondary N) is 1. The average Bonchev–Trinajstić information content (AvgIpc) is 2.67. The van der Waals surface area contributed by atoms with E-state index in [0.29, 0.717) is 13.0 Å². The van der Waals surface area contributed by atoms with Crippen LogP contribution in [0.25, 0.3) is 0 Å². The topological polar surface area (TPSA) is 66.1 Å². The maximum Gasteiger partial charge on any atom is 0.233 e. The van der Waals surface area contributed by atoms with Crippen molar-refractivity contribution < 1.29 is 9.59 Å². The first-order valence-corrected chi connectivity index (χ1v) is 5.87. The lowest BCUT2D eigenvalue weighted by Crippen LogP contribution is -2.37. The fourth-order valence-electron chi connectivity index (χ4n) is 2.88. The van der Waals surface area contributed by atoms with Gasteiger partial charge in [-0.15, -0.1) is 0 Å². The Hall–Kier alpha value is -1.65. The summed E-state index contributed by atoms with van der Waals surface area (Å²) in [6, 6.07) is 0. The second kappa shape index (κ2) is 3.18. The Morgan fingerprint density at radius 1 is 1.35 bits per heavy atom. The molecule has 0 radical (unpaired) electrons. The van der Waals surface area contributed by atoms with E-state index in [1.807, 2.05) is 13.8 Å². The van der Waals surface area contributed by atoms with Crippen LogP contribution in [0.3, 0.4) is 0 Å². The van der Waals surface area contributed by atoms with E-state index in [-0.39, 0.29) is 29.1 Å². The zero-order chi connectivity index (χ0) is 12.2. The molecule has 2 heterocycles. The van der Waals surface area contributed by atoms with E-state index in [2.05, 4.69) is 9.97 Å². The molecular weight excluding hydrogens is 218 g/mol. The Morgan fingerprint density at radius 2 is 2.00 bits per heavy atom. The monoisotopic (exact) mass is 233 g/mol. The number of H-pyrrole nitrogens is 1. The van der Waals surface area contributed by atoms with Gasteiger partial charge in [0.2, 0.25) is 11.8 Å². The summed E-state index contributed by atoms with van der Waals surface area (Å²) in [7, 11) is 0. The number of rotatable bonds is 3. The summed E-state index contributed by atoms with van der Waals surface area (Å²) >= 11 is 0. The molecule has 2 amide bonds. The maximum atomic E-state index is 12.0. The molecule has 1 N–H and O–H groups in total. The van der Waals surface area contributed by atoms with E-state index < -0.39 is 0 Å². The van der Waals surface area contributed by atoms with Crippen LogP contribution in [0.2, 0.25) is 0 Å². The number of imide groups is 1. The van der Waals surface area contributed by atoms with Gasteiger partial charge in [0.1, 0.15) is 5.82 Å². The first-order valence-electron chi connectivity index (χ1n) is 5.87. The van der Waals surface area contributed by atoms with Crippen molar-refractivity contribution in [2.24, 2.45) is 17.3 Å². The minimum absolute atomic E-state index is 0.00319. The number of imidazole rings is 1. The van der Waals surface area contributed by atoms with Gasteiger partial charge in [0.25, 0.3) is 0 Å². The molecule has 1 aromatic rings. The molecule has 1 saturated carbocycles. The van der Waals surface area contributed by atoms with Crippen LogP contribution in [0, 0.1) is 17.3 Å². The largest absolute Gasteiger partial charge is 0.349 e. The van der Waals surface area contributed by atoms with Crippen molar-refractivity contribution in [3.8, 4) is 0 Å². The molecule has 2 unspecified atom stereocenters. The van der Waals surface area contributed by atoms with Crippen molar-refractivity contribution in [2.75, 3.05) is 6.54 Å². The van der Waals surface area contributed by atoms with E-state index in [1.54, 1.807) is 12.4 Å². The smallest absolute Gasteiger partial charge is 0.233 e. The molecule has 1 aliphatic heterocycles.